The Bertz CT molecular complexity index is 615. The van der Waals surface area contributed by atoms with Crippen molar-refractivity contribution in [2.45, 2.75) is 6.92 Å². The van der Waals surface area contributed by atoms with E-state index in [0.29, 0.717) is 5.69 Å². The predicted octanol–water partition coefficient (Wildman–Crippen LogP) is 1.06. The Labute approximate surface area is 119 Å². The molecule has 0 radical (unpaired) electrons. The molecule has 1 aliphatic rings. The molecule has 112 valence electrons. The number of carbonyl (C=O) groups is 2. The van der Waals surface area contributed by atoms with E-state index in [-0.39, 0.29) is 36.2 Å². The van der Waals surface area contributed by atoms with Crippen molar-refractivity contribution in [2.75, 3.05) is 23.8 Å². The minimum absolute atomic E-state index is 0.0176. The van der Waals surface area contributed by atoms with Gasteiger partial charge in [-0.15, -0.1) is 0 Å². The maximum absolute atomic E-state index is 11.2. The third kappa shape index (κ3) is 3.19. The zero-order valence-electron chi connectivity index (χ0n) is 11.1. The number of nitro groups is 1. The van der Waals surface area contributed by atoms with Gasteiger partial charge in [0.1, 0.15) is 5.69 Å². The molecule has 1 aliphatic heterocycles. The molecule has 3 N–H and O–H groups in total. The molecular weight excluding hydrogens is 282 g/mol. The lowest BCUT2D eigenvalue weighted by atomic mass is 10.1. The highest BCUT2D eigenvalue weighted by molar-refractivity contribution is 5.96. The van der Waals surface area contributed by atoms with E-state index in [1.807, 2.05) is 0 Å². The van der Waals surface area contributed by atoms with Gasteiger partial charge in [-0.3, -0.25) is 19.7 Å². The predicted molar refractivity (Wildman–Crippen MR) is 72.5 cm³/mol. The summed E-state index contributed by atoms with van der Waals surface area (Å²) in [7, 11) is 0. The first-order chi connectivity index (χ1) is 9.88. The van der Waals surface area contributed by atoms with Gasteiger partial charge in [0.25, 0.3) is 11.6 Å². The van der Waals surface area contributed by atoms with Gasteiger partial charge in [0.05, 0.1) is 22.6 Å². The van der Waals surface area contributed by atoms with Gasteiger partial charge in [-0.2, -0.15) is 0 Å². The monoisotopic (exact) mass is 295 g/mol. The highest BCUT2D eigenvalue weighted by atomic mass is 16.6. The summed E-state index contributed by atoms with van der Waals surface area (Å²) in [5, 5.41) is 25.1. The number of amides is 1. The summed E-state index contributed by atoms with van der Waals surface area (Å²) in [5.41, 5.74) is 0.183. The third-order valence-corrected chi connectivity index (χ3v) is 2.95. The number of anilines is 2. The summed E-state index contributed by atoms with van der Waals surface area (Å²) in [4.78, 5) is 32.5. The molecule has 0 saturated heterocycles. The number of ether oxygens (including phenoxy) is 1. The lowest BCUT2D eigenvalue weighted by Gasteiger charge is -2.19. The number of fused-ring (bicyclic) bond motifs is 1. The molecule has 9 nitrogen and oxygen atoms in total. The molecule has 1 unspecified atom stereocenters. The largest absolute Gasteiger partial charge is 0.481 e. The van der Waals surface area contributed by atoms with Crippen LogP contribution in [0.1, 0.15) is 6.92 Å². The summed E-state index contributed by atoms with van der Waals surface area (Å²) in [6, 6.07) is 2.56. The first-order valence-corrected chi connectivity index (χ1v) is 6.10. The molecule has 0 aliphatic carbocycles. The fourth-order valence-corrected chi connectivity index (χ4v) is 1.76. The number of hydrogen-bond acceptors (Lipinski definition) is 6. The van der Waals surface area contributed by atoms with Crippen molar-refractivity contribution >= 4 is 28.9 Å². The number of rotatable bonds is 5. The average Bonchev–Trinajstić information content (AvgIpc) is 2.43. The van der Waals surface area contributed by atoms with Crippen molar-refractivity contribution in [1.82, 2.24) is 0 Å². The fraction of sp³-hybridized carbons (Fsp3) is 0.333. The van der Waals surface area contributed by atoms with Crippen LogP contribution in [0.15, 0.2) is 12.1 Å². The van der Waals surface area contributed by atoms with Crippen molar-refractivity contribution in [2.24, 2.45) is 5.92 Å². The van der Waals surface area contributed by atoms with Crippen molar-refractivity contribution in [1.29, 1.82) is 0 Å². The van der Waals surface area contributed by atoms with Crippen LogP contribution in [-0.4, -0.2) is 35.1 Å². The second-order valence-corrected chi connectivity index (χ2v) is 4.58. The van der Waals surface area contributed by atoms with Crippen LogP contribution in [0.3, 0.4) is 0 Å². The van der Waals surface area contributed by atoms with E-state index in [1.54, 1.807) is 0 Å². The Kier molecular flexibility index (Phi) is 3.92. The van der Waals surface area contributed by atoms with Crippen LogP contribution >= 0.6 is 0 Å². The number of carboxylic acids is 1. The molecule has 0 aromatic heterocycles. The maximum atomic E-state index is 11.2. The molecule has 1 aromatic rings. The topological polar surface area (TPSA) is 131 Å². The second kappa shape index (κ2) is 5.65. The van der Waals surface area contributed by atoms with Gasteiger partial charge >= 0.3 is 5.97 Å². The molecule has 2 rings (SSSR count). The summed E-state index contributed by atoms with van der Waals surface area (Å²) in [6.07, 6.45) is 0. The Morgan fingerprint density at radius 1 is 1.62 bits per heavy atom. The zero-order chi connectivity index (χ0) is 15.6. The first kappa shape index (κ1) is 14.6. The second-order valence-electron chi connectivity index (χ2n) is 4.58. The maximum Gasteiger partial charge on any atom is 0.308 e. The van der Waals surface area contributed by atoms with E-state index in [2.05, 4.69) is 10.6 Å². The number of carbonyl (C=O) groups excluding carboxylic acids is 1. The molecular formula is C12H13N3O6. The normalized spacial score (nSPS) is 14.4. The highest BCUT2D eigenvalue weighted by Gasteiger charge is 2.24. The lowest BCUT2D eigenvalue weighted by Crippen LogP contribution is -2.26. The fourth-order valence-electron chi connectivity index (χ4n) is 1.76. The van der Waals surface area contributed by atoms with E-state index < -0.39 is 16.8 Å². The Hall–Kier alpha value is -2.84. The molecule has 1 amide bonds. The number of nitro benzene ring substituents is 1. The smallest absolute Gasteiger partial charge is 0.308 e. The molecule has 0 bridgehead atoms. The number of nitrogens with zero attached hydrogens (tertiary/aromatic N) is 1. The van der Waals surface area contributed by atoms with Crippen LogP contribution < -0.4 is 15.4 Å². The average molecular weight is 295 g/mol. The Morgan fingerprint density at radius 3 is 2.95 bits per heavy atom. The summed E-state index contributed by atoms with van der Waals surface area (Å²) in [6.45, 7) is 1.29. The van der Waals surface area contributed by atoms with Crippen molar-refractivity contribution in [3.8, 4) is 5.75 Å². The van der Waals surface area contributed by atoms with E-state index in [9.17, 15) is 19.7 Å². The molecule has 0 fully saturated rings. The zero-order valence-corrected chi connectivity index (χ0v) is 11.1. The molecule has 9 heteroatoms. The van der Waals surface area contributed by atoms with Crippen LogP contribution in [0.25, 0.3) is 0 Å². The van der Waals surface area contributed by atoms with Gasteiger partial charge < -0.3 is 20.5 Å². The lowest BCUT2D eigenvalue weighted by molar-refractivity contribution is -0.384. The molecule has 1 atom stereocenters. The molecule has 0 spiro atoms. The number of carboxylic acid groups (broad SMARTS) is 1. The quantitative estimate of drug-likeness (QED) is 0.546. The van der Waals surface area contributed by atoms with Crippen LogP contribution in [0.4, 0.5) is 17.1 Å². The van der Waals surface area contributed by atoms with E-state index in [1.165, 1.54) is 19.1 Å². The molecule has 0 saturated carbocycles. The molecule has 21 heavy (non-hydrogen) atoms. The standard InChI is InChI=1S/C12H13N3O6/c1-6(12(17)18)4-13-7-2-8-10(3-9(7)15(19)20)21-5-11(16)14-8/h2-3,6,13H,4-5H2,1H3,(H,14,16)(H,17,18). The highest BCUT2D eigenvalue weighted by Crippen LogP contribution is 2.37. The van der Waals surface area contributed by atoms with E-state index >= 15 is 0 Å². The van der Waals surface area contributed by atoms with Crippen LogP contribution in [-0.2, 0) is 9.59 Å². The van der Waals surface area contributed by atoms with Crippen LogP contribution in [0, 0.1) is 16.0 Å². The van der Waals surface area contributed by atoms with Crippen molar-refractivity contribution in [3.63, 3.8) is 0 Å². The third-order valence-electron chi connectivity index (χ3n) is 2.95. The Balaban J connectivity index is 2.30. The van der Waals surface area contributed by atoms with Crippen molar-refractivity contribution < 1.29 is 24.4 Å². The minimum Gasteiger partial charge on any atom is -0.481 e. The van der Waals surface area contributed by atoms with Gasteiger partial charge in [0.2, 0.25) is 0 Å². The van der Waals surface area contributed by atoms with Gasteiger partial charge in [0, 0.05) is 6.54 Å². The van der Waals surface area contributed by atoms with Gasteiger partial charge in [-0.25, -0.2) is 0 Å². The minimum atomic E-state index is -1.01. The van der Waals surface area contributed by atoms with E-state index in [0.717, 1.165) is 0 Å². The van der Waals surface area contributed by atoms with Crippen LogP contribution in [0.2, 0.25) is 0 Å². The molecule has 1 heterocycles. The Morgan fingerprint density at radius 2 is 2.33 bits per heavy atom. The number of aliphatic carboxylic acids is 1. The summed E-state index contributed by atoms with van der Waals surface area (Å²) in [5.74, 6) is -1.88. The number of nitrogens with one attached hydrogen (secondary N) is 2. The SMILES string of the molecule is CC(CNc1cc2c(cc1[N+](=O)[O-])OCC(=O)N2)C(=O)O. The molecule has 1 aromatic carbocycles. The van der Waals surface area contributed by atoms with Crippen LogP contribution in [0.5, 0.6) is 5.75 Å². The number of benzene rings is 1. The van der Waals surface area contributed by atoms with E-state index in [4.69, 9.17) is 9.84 Å². The van der Waals surface area contributed by atoms with Gasteiger partial charge in [-0.05, 0) is 6.07 Å². The first-order valence-electron chi connectivity index (χ1n) is 6.10. The summed E-state index contributed by atoms with van der Waals surface area (Å²) >= 11 is 0. The van der Waals surface area contributed by atoms with Gasteiger partial charge in [-0.1, -0.05) is 6.92 Å². The number of hydrogen-bond donors (Lipinski definition) is 3. The summed E-state index contributed by atoms with van der Waals surface area (Å²) < 4.78 is 5.11. The van der Waals surface area contributed by atoms with Gasteiger partial charge in [0.15, 0.2) is 12.4 Å². The van der Waals surface area contributed by atoms with Crippen molar-refractivity contribution in [3.05, 3.63) is 22.2 Å².